The molecule has 1 aromatic rings. The van der Waals surface area contributed by atoms with Crippen LogP contribution in [-0.4, -0.2) is 14.8 Å². The van der Waals surface area contributed by atoms with E-state index in [2.05, 4.69) is 18.9 Å². The van der Waals surface area contributed by atoms with Crippen LogP contribution in [0.25, 0.3) is 0 Å². The van der Waals surface area contributed by atoms with E-state index in [4.69, 9.17) is 18.0 Å². The van der Waals surface area contributed by atoms with Gasteiger partial charge in [-0.15, -0.1) is 0 Å². The first-order valence-corrected chi connectivity index (χ1v) is 4.79. The zero-order valence-corrected chi connectivity index (χ0v) is 8.84. The molecule has 1 heterocycles. The van der Waals surface area contributed by atoms with Crippen molar-refractivity contribution < 1.29 is 0 Å². The fourth-order valence-corrected chi connectivity index (χ4v) is 1.35. The lowest BCUT2D eigenvalue weighted by molar-refractivity contribution is 0.473. The predicted octanol–water partition coefficient (Wildman–Crippen LogP) is 1.37. The van der Waals surface area contributed by atoms with Crippen LogP contribution in [0.1, 0.15) is 19.5 Å². The van der Waals surface area contributed by atoms with Gasteiger partial charge in [-0.1, -0.05) is 26.1 Å². The molecular weight excluding hydrogens is 182 g/mol. The van der Waals surface area contributed by atoms with Gasteiger partial charge in [0.25, 0.3) is 0 Å². The number of nitrogens with two attached hydrogens (primary N) is 1. The van der Waals surface area contributed by atoms with Crippen LogP contribution >= 0.6 is 12.2 Å². The molecule has 0 saturated heterocycles. The summed E-state index contributed by atoms with van der Waals surface area (Å²) < 4.78 is 1.96. The Labute approximate surface area is 83.9 Å². The van der Waals surface area contributed by atoms with E-state index in [1.807, 2.05) is 10.7 Å². The Morgan fingerprint density at radius 1 is 1.69 bits per heavy atom. The number of thiocarbonyl (C=S) groups is 1. The van der Waals surface area contributed by atoms with Gasteiger partial charge in [0.05, 0.1) is 4.99 Å². The van der Waals surface area contributed by atoms with Gasteiger partial charge in [-0.25, -0.2) is 0 Å². The van der Waals surface area contributed by atoms with Gasteiger partial charge in [0, 0.05) is 24.9 Å². The first kappa shape index (κ1) is 10.2. The number of hydrogen-bond donors (Lipinski definition) is 1. The molecule has 0 atom stereocenters. The minimum absolute atomic E-state index is 0.519. The van der Waals surface area contributed by atoms with Crippen molar-refractivity contribution in [2.24, 2.45) is 11.7 Å². The summed E-state index contributed by atoms with van der Waals surface area (Å²) in [6.45, 7) is 5.24. The quantitative estimate of drug-likeness (QED) is 0.741. The van der Waals surface area contributed by atoms with Crippen LogP contribution in [0.15, 0.2) is 12.3 Å². The van der Waals surface area contributed by atoms with Gasteiger partial charge in [-0.2, -0.15) is 5.10 Å². The maximum Gasteiger partial charge on any atom is 0.0787 e. The fraction of sp³-hybridized carbons (Fsp3) is 0.556. The first-order valence-electron chi connectivity index (χ1n) is 4.38. The van der Waals surface area contributed by atoms with Gasteiger partial charge in [0.2, 0.25) is 0 Å². The summed E-state index contributed by atoms with van der Waals surface area (Å²) in [6.07, 6.45) is 2.43. The molecule has 0 radical (unpaired) electrons. The monoisotopic (exact) mass is 197 g/mol. The van der Waals surface area contributed by atoms with E-state index in [0.717, 1.165) is 12.2 Å². The Balaban J connectivity index is 2.71. The summed E-state index contributed by atoms with van der Waals surface area (Å²) in [5.74, 6) is 0.588. The third kappa shape index (κ3) is 3.14. The van der Waals surface area contributed by atoms with Crippen LogP contribution in [-0.2, 0) is 13.0 Å². The highest BCUT2D eigenvalue weighted by molar-refractivity contribution is 7.80. The van der Waals surface area contributed by atoms with Gasteiger partial charge in [-0.3, -0.25) is 4.68 Å². The largest absolute Gasteiger partial charge is 0.393 e. The van der Waals surface area contributed by atoms with Gasteiger partial charge < -0.3 is 5.73 Å². The average molecular weight is 197 g/mol. The SMILES string of the molecule is CC(C)Cn1nccc1CC(N)=S. The lowest BCUT2D eigenvalue weighted by atomic mass is 10.2. The summed E-state index contributed by atoms with van der Waals surface area (Å²) >= 11 is 4.85. The summed E-state index contributed by atoms with van der Waals surface area (Å²) in [5, 5.41) is 4.21. The van der Waals surface area contributed by atoms with Crippen molar-refractivity contribution in [1.82, 2.24) is 9.78 Å². The molecule has 1 aromatic heterocycles. The summed E-state index contributed by atoms with van der Waals surface area (Å²) in [5.41, 5.74) is 6.57. The maximum absolute atomic E-state index is 5.47. The van der Waals surface area contributed by atoms with E-state index in [-0.39, 0.29) is 0 Å². The fourth-order valence-electron chi connectivity index (χ4n) is 1.20. The van der Waals surface area contributed by atoms with E-state index in [1.165, 1.54) is 0 Å². The molecule has 4 heteroatoms. The van der Waals surface area contributed by atoms with Crippen molar-refractivity contribution >= 4 is 17.2 Å². The van der Waals surface area contributed by atoms with Crippen LogP contribution < -0.4 is 5.73 Å². The summed E-state index contributed by atoms with van der Waals surface area (Å²) in [6, 6.07) is 1.96. The summed E-state index contributed by atoms with van der Waals surface area (Å²) in [7, 11) is 0. The van der Waals surface area contributed by atoms with Crippen LogP contribution in [0.4, 0.5) is 0 Å². The molecule has 0 aliphatic carbocycles. The second-order valence-electron chi connectivity index (χ2n) is 3.54. The Morgan fingerprint density at radius 2 is 2.38 bits per heavy atom. The Morgan fingerprint density at radius 3 is 2.92 bits per heavy atom. The molecule has 0 spiro atoms. The van der Waals surface area contributed by atoms with E-state index >= 15 is 0 Å². The lowest BCUT2D eigenvalue weighted by Crippen LogP contribution is -2.16. The van der Waals surface area contributed by atoms with Crippen molar-refractivity contribution in [2.45, 2.75) is 26.8 Å². The maximum atomic E-state index is 5.47. The standard InChI is InChI=1S/C9H15N3S/c1-7(2)6-12-8(3-4-11-12)5-9(10)13/h3-4,7H,5-6H2,1-2H3,(H2,10,13). The van der Waals surface area contributed by atoms with E-state index in [0.29, 0.717) is 17.3 Å². The summed E-state index contributed by atoms with van der Waals surface area (Å²) in [4.78, 5) is 0.519. The number of nitrogens with zero attached hydrogens (tertiary/aromatic N) is 2. The van der Waals surface area contributed by atoms with Gasteiger partial charge >= 0.3 is 0 Å². The molecule has 2 N–H and O–H groups in total. The highest BCUT2D eigenvalue weighted by Crippen LogP contribution is 2.04. The third-order valence-corrected chi connectivity index (χ3v) is 1.84. The molecule has 3 nitrogen and oxygen atoms in total. The molecule has 1 rings (SSSR count). The zero-order valence-electron chi connectivity index (χ0n) is 8.03. The normalized spacial score (nSPS) is 10.7. The lowest BCUT2D eigenvalue weighted by Gasteiger charge is -2.08. The molecular formula is C9H15N3S. The average Bonchev–Trinajstić information content (AvgIpc) is 2.34. The Bertz CT molecular complexity index is 291. The highest BCUT2D eigenvalue weighted by atomic mass is 32.1. The second kappa shape index (κ2) is 4.37. The van der Waals surface area contributed by atoms with Crippen molar-refractivity contribution in [3.8, 4) is 0 Å². The van der Waals surface area contributed by atoms with Crippen LogP contribution in [0.3, 0.4) is 0 Å². The third-order valence-electron chi connectivity index (χ3n) is 1.70. The Kier molecular flexibility index (Phi) is 3.42. The van der Waals surface area contributed by atoms with Crippen LogP contribution in [0.2, 0.25) is 0 Å². The highest BCUT2D eigenvalue weighted by Gasteiger charge is 2.04. The topological polar surface area (TPSA) is 43.8 Å². The first-order chi connectivity index (χ1) is 6.09. The van der Waals surface area contributed by atoms with Gasteiger partial charge in [0.1, 0.15) is 0 Å². The molecule has 13 heavy (non-hydrogen) atoms. The van der Waals surface area contributed by atoms with Crippen molar-refractivity contribution in [2.75, 3.05) is 0 Å². The Hall–Kier alpha value is -0.900. The molecule has 0 amide bonds. The van der Waals surface area contributed by atoms with E-state index in [1.54, 1.807) is 6.20 Å². The van der Waals surface area contributed by atoms with Crippen LogP contribution in [0.5, 0.6) is 0 Å². The molecule has 0 aromatic carbocycles. The molecule has 0 saturated carbocycles. The smallest absolute Gasteiger partial charge is 0.0787 e. The minimum atomic E-state index is 0.519. The van der Waals surface area contributed by atoms with Gasteiger partial charge in [0.15, 0.2) is 0 Å². The number of aromatic nitrogens is 2. The van der Waals surface area contributed by atoms with Gasteiger partial charge in [-0.05, 0) is 12.0 Å². The van der Waals surface area contributed by atoms with Crippen molar-refractivity contribution in [3.05, 3.63) is 18.0 Å². The number of rotatable bonds is 4. The molecule has 0 bridgehead atoms. The zero-order chi connectivity index (χ0) is 9.84. The van der Waals surface area contributed by atoms with Crippen molar-refractivity contribution in [3.63, 3.8) is 0 Å². The molecule has 0 unspecified atom stereocenters. The van der Waals surface area contributed by atoms with E-state index < -0.39 is 0 Å². The predicted molar refractivity (Wildman–Crippen MR) is 57.6 cm³/mol. The molecule has 0 aliphatic heterocycles. The molecule has 0 fully saturated rings. The molecule has 72 valence electrons. The second-order valence-corrected chi connectivity index (χ2v) is 4.07. The van der Waals surface area contributed by atoms with Crippen LogP contribution in [0, 0.1) is 5.92 Å². The minimum Gasteiger partial charge on any atom is -0.393 e. The van der Waals surface area contributed by atoms with E-state index in [9.17, 15) is 0 Å². The number of hydrogen-bond acceptors (Lipinski definition) is 2. The molecule has 0 aliphatic rings. The van der Waals surface area contributed by atoms with Crippen molar-refractivity contribution in [1.29, 1.82) is 0 Å².